The van der Waals surface area contributed by atoms with Crippen LogP contribution in [0.5, 0.6) is 0 Å². The number of unbranched alkanes of at least 4 members (excludes halogenated alkanes) is 1. The molecule has 0 aliphatic rings. The maximum Gasteiger partial charge on any atom is 0.225 e. The van der Waals surface area contributed by atoms with Crippen LogP contribution in [0.3, 0.4) is 0 Å². The Hall–Kier alpha value is -1.45. The molecule has 0 amide bonds. The number of aldehydes is 1. The number of carbonyl (C=O) groups is 1. The Morgan fingerprint density at radius 2 is 2.07 bits per heavy atom. The normalized spacial score (nSPS) is 9.86. The van der Waals surface area contributed by atoms with E-state index in [4.69, 9.17) is 0 Å². The van der Waals surface area contributed by atoms with Gasteiger partial charge in [-0.1, -0.05) is 13.3 Å². The summed E-state index contributed by atoms with van der Waals surface area (Å²) in [5.41, 5.74) is 0.512. The summed E-state index contributed by atoms with van der Waals surface area (Å²) in [6.45, 7) is 3.08. The van der Waals surface area contributed by atoms with Crippen molar-refractivity contribution >= 4 is 12.2 Å². The molecule has 0 N–H and O–H groups in total. The number of aromatic nitrogens is 2. The monoisotopic (exact) mass is 193 g/mol. The first kappa shape index (κ1) is 10.6. The van der Waals surface area contributed by atoms with Gasteiger partial charge in [-0.25, -0.2) is 9.97 Å². The molecule has 1 rings (SSSR count). The van der Waals surface area contributed by atoms with Crippen molar-refractivity contribution in [3.05, 3.63) is 18.0 Å². The molecular formula is C10H15N3O. The number of rotatable bonds is 5. The highest BCUT2D eigenvalue weighted by Gasteiger charge is 2.02. The summed E-state index contributed by atoms with van der Waals surface area (Å²) >= 11 is 0. The van der Waals surface area contributed by atoms with Crippen LogP contribution in [0.1, 0.15) is 30.1 Å². The minimum absolute atomic E-state index is 0.512. The van der Waals surface area contributed by atoms with Gasteiger partial charge in [0.1, 0.15) is 0 Å². The van der Waals surface area contributed by atoms with E-state index in [9.17, 15) is 4.79 Å². The summed E-state index contributed by atoms with van der Waals surface area (Å²) < 4.78 is 0. The van der Waals surface area contributed by atoms with Crippen LogP contribution >= 0.6 is 0 Å². The average molecular weight is 193 g/mol. The van der Waals surface area contributed by atoms with Gasteiger partial charge in [-0.15, -0.1) is 0 Å². The molecule has 0 spiro atoms. The Morgan fingerprint density at radius 1 is 1.43 bits per heavy atom. The van der Waals surface area contributed by atoms with E-state index in [1.807, 2.05) is 11.9 Å². The van der Waals surface area contributed by atoms with Crippen molar-refractivity contribution in [2.45, 2.75) is 19.8 Å². The van der Waals surface area contributed by atoms with Crippen molar-refractivity contribution in [3.63, 3.8) is 0 Å². The van der Waals surface area contributed by atoms with Crippen LogP contribution in [0, 0.1) is 0 Å². The molecule has 0 radical (unpaired) electrons. The second-order valence-corrected chi connectivity index (χ2v) is 3.21. The van der Waals surface area contributed by atoms with Crippen molar-refractivity contribution in [2.24, 2.45) is 0 Å². The lowest BCUT2D eigenvalue weighted by Gasteiger charge is -2.15. The van der Waals surface area contributed by atoms with E-state index in [1.54, 1.807) is 0 Å². The Morgan fingerprint density at radius 3 is 2.57 bits per heavy atom. The third kappa shape index (κ3) is 2.80. The van der Waals surface area contributed by atoms with Crippen LogP contribution < -0.4 is 4.90 Å². The summed E-state index contributed by atoms with van der Waals surface area (Å²) in [6.07, 6.45) is 6.09. The third-order valence-corrected chi connectivity index (χ3v) is 1.98. The van der Waals surface area contributed by atoms with E-state index in [2.05, 4.69) is 16.9 Å². The number of nitrogens with zero attached hydrogens (tertiary/aromatic N) is 3. The Balaban J connectivity index is 2.61. The highest BCUT2D eigenvalue weighted by Crippen LogP contribution is 2.04. The van der Waals surface area contributed by atoms with Gasteiger partial charge in [-0.2, -0.15) is 0 Å². The molecule has 0 atom stereocenters. The first-order chi connectivity index (χ1) is 6.77. The molecule has 0 aliphatic carbocycles. The second-order valence-electron chi connectivity index (χ2n) is 3.21. The predicted molar refractivity (Wildman–Crippen MR) is 55.6 cm³/mol. The maximum absolute atomic E-state index is 10.4. The zero-order chi connectivity index (χ0) is 10.4. The van der Waals surface area contributed by atoms with E-state index in [0.29, 0.717) is 11.5 Å². The van der Waals surface area contributed by atoms with Crippen LogP contribution in [-0.4, -0.2) is 29.8 Å². The third-order valence-electron chi connectivity index (χ3n) is 1.98. The molecule has 4 heteroatoms. The number of anilines is 1. The van der Waals surface area contributed by atoms with E-state index in [1.165, 1.54) is 12.4 Å². The fourth-order valence-electron chi connectivity index (χ4n) is 1.08. The minimum Gasteiger partial charge on any atom is -0.344 e. The smallest absolute Gasteiger partial charge is 0.225 e. The highest BCUT2D eigenvalue weighted by atomic mass is 16.1. The lowest BCUT2D eigenvalue weighted by Crippen LogP contribution is -2.20. The van der Waals surface area contributed by atoms with Crippen LogP contribution in [0.15, 0.2) is 12.4 Å². The first-order valence-corrected chi connectivity index (χ1v) is 4.76. The largest absolute Gasteiger partial charge is 0.344 e. The quantitative estimate of drug-likeness (QED) is 0.665. The summed E-state index contributed by atoms with van der Waals surface area (Å²) in [5.74, 6) is 0.670. The van der Waals surface area contributed by atoms with Gasteiger partial charge < -0.3 is 4.90 Å². The van der Waals surface area contributed by atoms with Crippen molar-refractivity contribution in [2.75, 3.05) is 18.5 Å². The molecule has 1 aromatic rings. The fourth-order valence-corrected chi connectivity index (χ4v) is 1.08. The molecule has 1 aromatic heterocycles. The molecule has 0 saturated heterocycles. The lowest BCUT2D eigenvalue weighted by molar-refractivity contribution is 0.112. The molecule has 0 saturated carbocycles. The summed E-state index contributed by atoms with van der Waals surface area (Å²) in [5, 5.41) is 0. The van der Waals surface area contributed by atoms with Gasteiger partial charge in [0.2, 0.25) is 5.95 Å². The van der Waals surface area contributed by atoms with E-state index in [0.717, 1.165) is 25.7 Å². The zero-order valence-corrected chi connectivity index (χ0v) is 8.60. The van der Waals surface area contributed by atoms with Crippen molar-refractivity contribution in [3.8, 4) is 0 Å². The molecule has 76 valence electrons. The minimum atomic E-state index is 0.512. The molecular weight excluding hydrogens is 178 g/mol. The summed E-state index contributed by atoms with van der Waals surface area (Å²) in [6, 6.07) is 0. The topological polar surface area (TPSA) is 46.1 Å². The van der Waals surface area contributed by atoms with Gasteiger partial charge in [0.05, 0.1) is 5.56 Å². The molecule has 0 unspecified atom stereocenters. The van der Waals surface area contributed by atoms with Gasteiger partial charge in [-0.3, -0.25) is 4.79 Å². The average Bonchev–Trinajstić information content (AvgIpc) is 2.26. The fraction of sp³-hybridized carbons (Fsp3) is 0.500. The van der Waals surface area contributed by atoms with Crippen molar-refractivity contribution in [1.82, 2.24) is 9.97 Å². The second kappa shape index (κ2) is 5.32. The van der Waals surface area contributed by atoms with Gasteiger partial charge in [0.15, 0.2) is 6.29 Å². The van der Waals surface area contributed by atoms with E-state index >= 15 is 0 Å². The summed E-state index contributed by atoms with van der Waals surface area (Å²) in [7, 11) is 1.95. The van der Waals surface area contributed by atoms with Gasteiger partial charge >= 0.3 is 0 Å². The van der Waals surface area contributed by atoms with Crippen LogP contribution in [0.4, 0.5) is 5.95 Å². The molecule has 0 bridgehead atoms. The number of hydrogen-bond acceptors (Lipinski definition) is 4. The molecule has 0 aromatic carbocycles. The first-order valence-electron chi connectivity index (χ1n) is 4.76. The van der Waals surface area contributed by atoms with Crippen molar-refractivity contribution < 1.29 is 4.79 Å². The molecule has 4 nitrogen and oxygen atoms in total. The van der Waals surface area contributed by atoms with Gasteiger partial charge in [0.25, 0.3) is 0 Å². The van der Waals surface area contributed by atoms with Crippen LogP contribution in [0.2, 0.25) is 0 Å². The molecule has 14 heavy (non-hydrogen) atoms. The van der Waals surface area contributed by atoms with E-state index in [-0.39, 0.29) is 0 Å². The maximum atomic E-state index is 10.4. The van der Waals surface area contributed by atoms with Crippen molar-refractivity contribution in [1.29, 1.82) is 0 Å². The standard InChI is InChI=1S/C10H15N3O/c1-3-4-5-13(2)10-11-6-9(8-14)7-12-10/h6-8H,3-5H2,1-2H3. The zero-order valence-electron chi connectivity index (χ0n) is 8.60. The lowest BCUT2D eigenvalue weighted by atomic mass is 10.3. The Labute approximate surface area is 84.0 Å². The Kier molecular flexibility index (Phi) is 4.04. The van der Waals surface area contributed by atoms with Gasteiger partial charge in [-0.05, 0) is 6.42 Å². The molecule has 0 aliphatic heterocycles. The summed E-state index contributed by atoms with van der Waals surface area (Å²) in [4.78, 5) is 20.5. The predicted octanol–water partition coefficient (Wildman–Crippen LogP) is 1.53. The van der Waals surface area contributed by atoms with Gasteiger partial charge in [0, 0.05) is 26.0 Å². The SMILES string of the molecule is CCCCN(C)c1ncc(C=O)cn1. The van der Waals surface area contributed by atoms with Crippen LogP contribution in [-0.2, 0) is 0 Å². The molecule has 1 heterocycles. The Bertz CT molecular complexity index is 284. The van der Waals surface area contributed by atoms with Crippen LogP contribution in [0.25, 0.3) is 0 Å². The molecule has 0 fully saturated rings. The van der Waals surface area contributed by atoms with E-state index < -0.39 is 0 Å². The number of hydrogen-bond donors (Lipinski definition) is 0. The number of carbonyl (C=O) groups excluding carboxylic acids is 1. The highest BCUT2D eigenvalue weighted by molar-refractivity contribution is 5.73.